The van der Waals surface area contributed by atoms with Crippen molar-refractivity contribution in [2.24, 2.45) is 0 Å². The van der Waals surface area contributed by atoms with Crippen LogP contribution in [0.3, 0.4) is 0 Å². The Morgan fingerprint density at radius 3 is 1.73 bits per heavy atom. The smallest absolute Gasteiger partial charge is 0.303 e. The Hall–Kier alpha value is -2.23. The molecule has 0 spiro atoms. The van der Waals surface area contributed by atoms with Crippen molar-refractivity contribution in [3.05, 3.63) is 0 Å². The standard InChI is InChI=1S/C29H46O22/c1-9(30)42-6-13-17(35)21(39)25(47-11(3)32)29(49-13)51-23-19(37)15(46-10(2)31)8-45-28(23)44-7-14-18(36)20(38)24(27(41-4)48-14)50-26-22(40)16(34)12(33)5-43-26/h12-29,33-40H,5-8H2,1-4H3. The number of rotatable bonds is 12. The van der Waals surface area contributed by atoms with Crippen LogP contribution in [0.4, 0.5) is 0 Å². The molecule has 22 heteroatoms. The van der Waals surface area contributed by atoms with Crippen LogP contribution in [0, 0.1) is 0 Å². The van der Waals surface area contributed by atoms with E-state index in [1.807, 2.05) is 0 Å². The highest BCUT2D eigenvalue weighted by Gasteiger charge is 2.53. The predicted octanol–water partition coefficient (Wildman–Crippen LogP) is -6.10. The largest absolute Gasteiger partial charge is 0.463 e. The molecule has 4 rings (SSSR count). The van der Waals surface area contributed by atoms with E-state index in [0.717, 1.165) is 20.8 Å². The number of hydrogen-bond acceptors (Lipinski definition) is 22. The molecular formula is C29H46O22. The van der Waals surface area contributed by atoms with Gasteiger partial charge in [-0.25, -0.2) is 0 Å². The van der Waals surface area contributed by atoms with E-state index in [4.69, 9.17) is 52.1 Å². The fourth-order valence-electron chi connectivity index (χ4n) is 5.81. The van der Waals surface area contributed by atoms with Gasteiger partial charge in [-0.05, 0) is 0 Å². The van der Waals surface area contributed by atoms with Crippen LogP contribution in [0.2, 0.25) is 0 Å². The van der Waals surface area contributed by atoms with Gasteiger partial charge in [0.25, 0.3) is 0 Å². The van der Waals surface area contributed by atoms with Crippen molar-refractivity contribution in [3.63, 3.8) is 0 Å². The van der Waals surface area contributed by atoms with Crippen LogP contribution in [0.5, 0.6) is 0 Å². The minimum atomic E-state index is -1.85. The van der Waals surface area contributed by atoms with Crippen molar-refractivity contribution in [2.75, 3.05) is 33.5 Å². The lowest BCUT2D eigenvalue weighted by atomic mass is 9.98. The highest BCUT2D eigenvalue weighted by atomic mass is 16.8. The summed E-state index contributed by atoms with van der Waals surface area (Å²) in [5.74, 6) is -2.44. The number of aliphatic hydroxyl groups excluding tert-OH is 8. The van der Waals surface area contributed by atoms with Gasteiger partial charge in [0.15, 0.2) is 37.4 Å². The molecule has 4 fully saturated rings. The molecule has 4 heterocycles. The van der Waals surface area contributed by atoms with Crippen LogP contribution < -0.4 is 0 Å². The van der Waals surface area contributed by atoms with Gasteiger partial charge in [-0.2, -0.15) is 0 Å². The third kappa shape index (κ3) is 10.1. The zero-order chi connectivity index (χ0) is 37.7. The van der Waals surface area contributed by atoms with Gasteiger partial charge in [-0.15, -0.1) is 0 Å². The first-order chi connectivity index (χ1) is 24.0. The first kappa shape index (κ1) is 41.5. The van der Waals surface area contributed by atoms with Crippen LogP contribution in [-0.2, 0) is 66.5 Å². The molecule has 18 unspecified atom stereocenters. The van der Waals surface area contributed by atoms with E-state index in [1.165, 1.54) is 7.11 Å². The molecule has 0 aromatic rings. The molecule has 18 atom stereocenters. The SMILES string of the molecule is COC1OC(COC2OCC(OC(C)=O)C(O)C2OC2OC(COC(C)=O)C(O)C(O)C2OC(C)=O)C(O)C(O)C1OC1OCC(O)C(O)C1O. The topological polar surface area (TPSA) is 315 Å². The van der Waals surface area contributed by atoms with Gasteiger partial charge >= 0.3 is 17.9 Å². The quantitative estimate of drug-likeness (QED) is 0.0680. The summed E-state index contributed by atoms with van der Waals surface area (Å²) >= 11 is 0. The number of aliphatic hydroxyl groups is 8. The van der Waals surface area contributed by atoms with Gasteiger partial charge in [0.05, 0.1) is 19.8 Å². The second-order valence-corrected chi connectivity index (χ2v) is 12.3. The zero-order valence-electron chi connectivity index (χ0n) is 28.0. The maximum absolute atomic E-state index is 11.9. The molecule has 0 saturated carbocycles. The van der Waals surface area contributed by atoms with Crippen LogP contribution in [0.25, 0.3) is 0 Å². The summed E-state index contributed by atoms with van der Waals surface area (Å²) < 4.78 is 60.0. The Balaban J connectivity index is 1.50. The molecule has 4 aliphatic rings. The van der Waals surface area contributed by atoms with Gasteiger partial charge in [0, 0.05) is 27.9 Å². The first-order valence-electron chi connectivity index (χ1n) is 16.0. The number of carbonyl (C=O) groups is 3. The summed E-state index contributed by atoms with van der Waals surface area (Å²) in [5.41, 5.74) is 0. The normalized spacial score (nSPS) is 44.7. The summed E-state index contributed by atoms with van der Waals surface area (Å²) in [4.78, 5) is 35.0. The number of esters is 3. The van der Waals surface area contributed by atoms with E-state index < -0.39 is 155 Å². The maximum Gasteiger partial charge on any atom is 0.303 e. The summed E-state index contributed by atoms with van der Waals surface area (Å²) in [6, 6.07) is 0. The molecule has 0 radical (unpaired) electrons. The summed E-state index contributed by atoms with van der Waals surface area (Å²) in [6.45, 7) is 1.19. The number of hydrogen-bond donors (Lipinski definition) is 8. The van der Waals surface area contributed by atoms with Crippen molar-refractivity contribution < 1.29 is 107 Å². The molecule has 8 N–H and O–H groups in total. The lowest BCUT2D eigenvalue weighted by Crippen LogP contribution is -2.65. The third-order valence-corrected chi connectivity index (χ3v) is 8.46. The predicted molar refractivity (Wildman–Crippen MR) is 155 cm³/mol. The second kappa shape index (κ2) is 18.2. The average Bonchev–Trinajstić information content (AvgIpc) is 3.07. The van der Waals surface area contributed by atoms with Gasteiger partial charge in [0.1, 0.15) is 79.9 Å². The van der Waals surface area contributed by atoms with E-state index in [-0.39, 0.29) is 0 Å². The fraction of sp³-hybridized carbons (Fsp3) is 0.897. The van der Waals surface area contributed by atoms with E-state index in [0.29, 0.717) is 0 Å². The van der Waals surface area contributed by atoms with E-state index in [9.17, 15) is 55.2 Å². The molecule has 0 amide bonds. The van der Waals surface area contributed by atoms with Gasteiger partial charge in [-0.3, -0.25) is 14.4 Å². The van der Waals surface area contributed by atoms with Crippen LogP contribution in [0.15, 0.2) is 0 Å². The van der Waals surface area contributed by atoms with Crippen molar-refractivity contribution in [3.8, 4) is 0 Å². The molecule has 0 aromatic heterocycles. The summed E-state index contributed by atoms with van der Waals surface area (Å²) in [5, 5.41) is 84.4. The second-order valence-electron chi connectivity index (χ2n) is 12.3. The number of carbonyl (C=O) groups excluding carboxylic acids is 3. The monoisotopic (exact) mass is 746 g/mol. The Morgan fingerprint density at radius 2 is 1.12 bits per heavy atom. The van der Waals surface area contributed by atoms with Gasteiger partial charge in [-0.1, -0.05) is 0 Å². The molecular weight excluding hydrogens is 700 g/mol. The first-order valence-corrected chi connectivity index (χ1v) is 16.0. The molecule has 22 nitrogen and oxygen atoms in total. The Labute approximate surface area is 290 Å². The van der Waals surface area contributed by atoms with E-state index in [2.05, 4.69) is 0 Å². The summed E-state index contributed by atoms with van der Waals surface area (Å²) in [6.07, 6.45) is -28.9. The van der Waals surface area contributed by atoms with Crippen molar-refractivity contribution in [2.45, 2.75) is 131 Å². The highest BCUT2D eigenvalue weighted by molar-refractivity contribution is 5.66. The maximum atomic E-state index is 11.9. The molecule has 51 heavy (non-hydrogen) atoms. The molecule has 0 aromatic carbocycles. The molecule has 4 aliphatic heterocycles. The van der Waals surface area contributed by atoms with E-state index in [1.54, 1.807) is 0 Å². The number of methoxy groups -OCH3 is 1. The minimum absolute atomic E-state index is 0.405. The highest BCUT2D eigenvalue weighted by Crippen LogP contribution is 2.32. The Bertz CT molecular complexity index is 1160. The van der Waals surface area contributed by atoms with Gasteiger partial charge < -0.3 is 93.0 Å². The van der Waals surface area contributed by atoms with Crippen molar-refractivity contribution >= 4 is 17.9 Å². The van der Waals surface area contributed by atoms with E-state index >= 15 is 0 Å². The fourth-order valence-corrected chi connectivity index (χ4v) is 5.81. The van der Waals surface area contributed by atoms with Crippen LogP contribution in [0.1, 0.15) is 20.8 Å². The minimum Gasteiger partial charge on any atom is -0.463 e. The lowest BCUT2D eigenvalue weighted by molar-refractivity contribution is -0.370. The molecule has 4 saturated heterocycles. The molecule has 0 aliphatic carbocycles. The molecule has 0 bridgehead atoms. The lowest BCUT2D eigenvalue weighted by Gasteiger charge is -2.46. The molecule has 294 valence electrons. The Kier molecular flexibility index (Phi) is 14.8. The van der Waals surface area contributed by atoms with Crippen LogP contribution in [-0.4, -0.2) is 203 Å². The Morgan fingerprint density at radius 1 is 0.569 bits per heavy atom. The van der Waals surface area contributed by atoms with Crippen molar-refractivity contribution in [1.29, 1.82) is 0 Å². The average molecular weight is 747 g/mol. The summed E-state index contributed by atoms with van der Waals surface area (Å²) in [7, 11) is 1.18. The van der Waals surface area contributed by atoms with Gasteiger partial charge in [0.2, 0.25) is 0 Å². The third-order valence-electron chi connectivity index (χ3n) is 8.46. The number of ether oxygens (including phenoxy) is 11. The zero-order valence-corrected chi connectivity index (χ0v) is 28.0. The van der Waals surface area contributed by atoms with Crippen molar-refractivity contribution in [1.82, 2.24) is 0 Å². The van der Waals surface area contributed by atoms with Crippen LogP contribution >= 0.6 is 0 Å².